The van der Waals surface area contributed by atoms with Gasteiger partial charge in [-0.3, -0.25) is 0 Å². The van der Waals surface area contributed by atoms with Crippen molar-refractivity contribution in [3.8, 4) is 0 Å². The van der Waals surface area contributed by atoms with Gasteiger partial charge in [0.15, 0.2) is 0 Å². The molecule has 39 heavy (non-hydrogen) atoms. The monoisotopic (exact) mass is 586 g/mol. The zero-order chi connectivity index (χ0) is 27.8. The largest absolute Gasteiger partial charge is 2.00 e. The maximum Gasteiger partial charge on any atom is 2.00 e. The number of benzene rings is 2. The number of carboxylic acids is 2. The van der Waals surface area contributed by atoms with Crippen molar-refractivity contribution in [2.75, 3.05) is 0 Å². The van der Waals surface area contributed by atoms with Crippen LogP contribution in [0.25, 0.3) is 0 Å². The molecule has 0 aliphatic heterocycles. The van der Waals surface area contributed by atoms with Crippen LogP contribution in [-0.4, -0.2) is 11.9 Å². The number of carboxylic acid groups (broad SMARTS) is 2. The van der Waals surface area contributed by atoms with Gasteiger partial charge in [0.1, 0.15) is 0 Å². The summed E-state index contributed by atoms with van der Waals surface area (Å²) >= 11 is 0. The average Bonchev–Trinajstić information content (AvgIpc) is 2.92. The van der Waals surface area contributed by atoms with E-state index in [2.05, 4.69) is 13.8 Å². The fraction of sp³-hybridized carbons (Fsp3) is 0.588. The first-order valence-electron chi connectivity index (χ1n) is 15.1. The number of hydrogen-bond acceptors (Lipinski definition) is 4. The van der Waals surface area contributed by atoms with Gasteiger partial charge < -0.3 is 19.8 Å². The molecule has 0 heterocycles. The van der Waals surface area contributed by atoms with Crippen LogP contribution in [0.3, 0.4) is 0 Å². The minimum atomic E-state index is -1.10. The second-order valence-electron chi connectivity index (χ2n) is 10.4. The number of unbranched alkanes of at least 4 members (excludes halogenated alkanes) is 14. The van der Waals surface area contributed by atoms with Crippen LogP contribution in [0, 0.1) is 0 Å². The smallest absolute Gasteiger partial charge is 0.545 e. The summed E-state index contributed by atoms with van der Waals surface area (Å²) in [6.07, 6.45) is 23.2. The molecule has 0 bridgehead atoms. The molecule has 0 amide bonds. The van der Waals surface area contributed by atoms with E-state index in [4.69, 9.17) is 0 Å². The minimum Gasteiger partial charge on any atom is -0.545 e. The summed E-state index contributed by atoms with van der Waals surface area (Å²) in [5.41, 5.74) is 2.96. The van der Waals surface area contributed by atoms with E-state index in [-0.39, 0.29) is 30.6 Å². The van der Waals surface area contributed by atoms with Crippen LogP contribution in [-0.2, 0) is 32.3 Å². The van der Waals surface area contributed by atoms with E-state index in [0.29, 0.717) is 0 Å². The summed E-state index contributed by atoms with van der Waals surface area (Å²) in [6, 6.07) is 14.1. The Morgan fingerprint density at radius 3 is 0.974 bits per heavy atom. The molecule has 2 aromatic carbocycles. The first-order chi connectivity index (χ1) is 18.5. The van der Waals surface area contributed by atoms with Gasteiger partial charge >= 0.3 is 19.5 Å². The Hall–Kier alpha value is -2.00. The maximum absolute atomic E-state index is 10.6. The Bertz CT molecular complexity index is 788. The topological polar surface area (TPSA) is 80.3 Å². The molecular weight excluding hydrogens is 538 g/mol. The Labute approximate surface area is 250 Å². The van der Waals surface area contributed by atoms with E-state index in [1.807, 2.05) is 24.3 Å². The Balaban J connectivity index is 0.000000722. The third kappa shape index (κ3) is 19.7. The standard InChI is InChI=1S/2C17H26O2.Zn/c2*1-2-3-4-5-6-7-8-9-10-15-11-13-16(14-12-15)17(18)19;/h2*11-14H,2-10H2,1H3,(H,18,19);/q;;+2/p-2. The molecule has 212 valence electrons. The van der Waals surface area contributed by atoms with Crippen LogP contribution in [0.5, 0.6) is 0 Å². The van der Waals surface area contributed by atoms with E-state index in [1.165, 1.54) is 114 Å². The van der Waals surface area contributed by atoms with Crippen molar-refractivity contribution in [3.63, 3.8) is 0 Å². The third-order valence-corrected chi connectivity index (χ3v) is 7.02. The number of aryl methyl sites for hydroxylation is 2. The van der Waals surface area contributed by atoms with Crippen LogP contribution in [0.15, 0.2) is 48.5 Å². The molecule has 0 aromatic heterocycles. The number of rotatable bonds is 20. The molecule has 0 aliphatic carbocycles. The molecule has 0 radical (unpaired) electrons. The van der Waals surface area contributed by atoms with Gasteiger partial charge in [-0.2, -0.15) is 0 Å². The molecular formula is C34H50O4Zn. The van der Waals surface area contributed by atoms with Crippen molar-refractivity contribution in [2.45, 2.75) is 129 Å². The molecule has 2 rings (SSSR count). The molecule has 0 N–H and O–H groups in total. The Kier molecular flexibility index (Phi) is 23.7. The molecule has 4 nitrogen and oxygen atoms in total. The van der Waals surface area contributed by atoms with E-state index in [0.717, 1.165) is 12.8 Å². The van der Waals surface area contributed by atoms with Crippen molar-refractivity contribution < 1.29 is 39.3 Å². The average molecular weight is 588 g/mol. The molecule has 2 aromatic rings. The number of carbonyl (C=O) groups excluding carboxylic acids is 2. The summed E-state index contributed by atoms with van der Waals surface area (Å²) < 4.78 is 0. The number of carbonyl (C=O) groups is 2. The molecule has 0 spiro atoms. The minimum absolute atomic E-state index is 0. The van der Waals surface area contributed by atoms with E-state index in [9.17, 15) is 19.8 Å². The van der Waals surface area contributed by atoms with Crippen LogP contribution in [0.1, 0.15) is 148 Å². The summed E-state index contributed by atoms with van der Waals surface area (Å²) in [7, 11) is 0. The fourth-order valence-electron chi connectivity index (χ4n) is 4.54. The van der Waals surface area contributed by atoms with Gasteiger partial charge in [-0.15, -0.1) is 0 Å². The van der Waals surface area contributed by atoms with Gasteiger partial charge in [0, 0.05) is 0 Å². The van der Waals surface area contributed by atoms with Crippen LogP contribution in [0.2, 0.25) is 0 Å². The predicted molar refractivity (Wildman–Crippen MR) is 154 cm³/mol. The van der Waals surface area contributed by atoms with Gasteiger partial charge in [-0.25, -0.2) is 0 Å². The van der Waals surface area contributed by atoms with E-state index in [1.54, 1.807) is 24.3 Å². The predicted octanol–water partition coefficient (Wildman–Crippen LogP) is 7.46. The van der Waals surface area contributed by atoms with Crippen molar-refractivity contribution in [3.05, 3.63) is 70.8 Å². The van der Waals surface area contributed by atoms with Gasteiger partial charge in [-0.1, -0.05) is 152 Å². The third-order valence-electron chi connectivity index (χ3n) is 7.02. The molecule has 0 fully saturated rings. The molecule has 0 saturated carbocycles. The quantitative estimate of drug-likeness (QED) is 0.119. The molecule has 0 unspecified atom stereocenters. The molecule has 0 atom stereocenters. The number of hydrogen-bond donors (Lipinski definition) is 0. The first kappa shape index (κ1) is 37.0. The molecule has 5 heteroatoms. The SMILES string of the molecule is CCCCCCCCCCc1ccc(C(=O)[O-])cc1.CCCCCCCCCCc1ccc(C(=O)[O-])cc1.[Zn+2]. The van der Waals surface area contributed by atoms with Gasteiger partial charge in [0.25, 0.3) is 0 Å². The Morgan fingerprint density at radius 2 is 0.718 bits per heavy atom. The first-order valence-corrected chi connectivity index (χ1v) is 15.1. The van der Waals surface area contributed by atoms with Gasteiger partial charge in [0.2, 0.25) is 0 Å². The fourth-order valence-corrected chi connectivity index (χ4v) is 4.54. The second kappa shape index (κ2) is 25.0. The summed E-state index contributed by atoms with van der Waals surface area (Å²) in [4.78, 5) is 21.2. The van der Waals surface area contributed by atoms with Crippen molar-refractivity contribution in [2.24, 2.45) is 0 Å². The molecule has 0 saturated heterocycles. The summed E-state index contributed by atoms with van der Waals surface area (Å²) in [5, 5.41) is 21.2. The van der Waals surface area contributed by atoms with Crippen molar-refractivity contribution in [1.82, 2.24) is 0 Å². The van der Waals surface area contributed by atoms with E-state index < -0.39 is 11.9 Å². The van der Waals surface area contributed by atoms with Crippen molar-refractivity contribution >= 4 is 11.9 Å². The van der Waals surface area contributed by atoms with Gasteiger partial charge in [0.05, 0.1) is 11.9 Å². The van der Waals surface area contributed by atoms with Crippen LogP contribution in [0.4, 0.5) is 0 Å². The van der Waals surface area contributed by atoms with E-state index >= 15 is 0 Å². The zero-order valence-electron chi connectivity index (χ0n) is 24.7. The summed E-state index contributed by atoms with van der Waals surface area (Å²) in [5.74, 6) is -2.20. The second-order valence-corrected chi connectivity index (χ2v) is 10.4. The van der Waals surface area contributed by atoms with Gasteiger partial charge in [-0.05, 0) is 47.9 Å². The summed E-state index contributed by atoms with van der Waals surface area (Å²) in [6.45, 7) is 4.48. The van der Waals surface area contributed by atoms with Crippen LogP contribution < -0.4 is 10.2 Å². The normalized spacial score (nSPS) is 10.3. The molecule has 0 aliphatic rings. The number of aromatic carboxylic acids is 2. The zero-order valence-corrected chi connectivity index (χ0v) is 27.7. The van der Waals surface area contributed by atoms with Crippen molar-refractivity contribution in [1.29, 1.82) is 0 Å². The maximum atomic E-state index is 10.6. The van der Waals surface area contributed by atoms with Crippen LogP contribution >= 0.6 is 0 Å². The Morgan fingerprint density at radius 1 is 0.462 bits per heavy atom.